The molecule has 7 nitrogen and oxygen atoms in total. The van der Waals surface area contributed by atoms with Gasteiger partial charge in [-0.1, -0.05) is 30.3 Å². The van der Waals surface area contributed by atoms with E-state index < -0.39 is 0 Å². The second-order valence-corrected chi connectivity index (χ2v) is 8.68. The van der Waals surface area contributed by atoms with Crippen LogP contribution >= 0.6 is 0 Å². The lowest BCUT2D eigenvalue weighted by molar-refractivity contribution is 0.0710. The lowest BCUT2D eigenvalue weighted by atomic mass is 10.0. The van der Waals surface area contributed by atoms with Crippen LogP contribution in [-0.2, 0) is 0 Å². The Morgan fingerprint density at radius 1 is 1.18 bits per heavy atom. The molecule has 3 unspecified atom stereocenters. The van der Waals surface area contributed by atoms with Crippen molar-refractivity contribution in [2.45, 2.75) is 12.5 Å². The van der Waals surface area contributed by atoms with Crippen molar-refractivity contribution in [2.75, 3.05) is 25.5 Å². The summed E-state index contributed by atoms with van der Waals surface area (Å²) in [5.74, 6) is 1.78. The third-order valence-corrected chi connectivity index (χ3v) is 6.71. The third kappa shape index (κ3) is 3.59. The molecule has 1 saturated carbocycles. The molecule has 3 atom stereocenters. The van der Waals surface area contributed by atoms with Gasteiger partial charge in [0.15, 0.2) is 5.58 Å². The van der Waals surface area contributed by atoms with E-state index in [1.165, 1.54) is 0 Å². The zero-order valence-corrected chi connectivity index (χ0v) is 18.3. The van der Waals surface area contributed by atoms with Gasteiger partial charge in [-0.25, -0.2) is 0 Å². The Morgan fingerprint density at radius 3 is 2.97 bits per heavy atom. The van der Waals surface area contributed by atoms with Gasteiger partial charge in [0.25, 0.3) is 11.9 Å². The maximum Gasteiger partial charge on any atom is 0.295 e. The lowest BCUT2D eigenvalue weighted by Gasteiger charge is -2.28. The van der Waals surface area contributed by atoms with Crippen molar-refractivity contribution < 1.29 is 13.9 Å². The second kappa shape index (κ2) is 7.92. The average molecular weight is 441 g/mol. The van der Waals surface area contributed by atoms with Crippen LogP contribution in [0.1, 0.15) is 16.9 Å². The number of carbonyl (C=O) groups excluding carboxylic acids is 1. The van der Waals surface area contributed by atoms with E-state index in [9.17, 15) is 4.79 Å². The van der Waals surface area contributed by atoms with Crippen LogP contribution in [0.4, 0.5) is 6.01 Å². The predicted molar refractivity (Wildman–Crippen MR) is 125 cm³/mol. The Morgan fingerprint density at radius 2 is 2.09 bits per heavy atom. The number of fused-ring (bicyclic) bond motifs is 2. The largest absolute Gasteiger partial charge is 0.497 e. The van der Waals surface area contributed by atoms with Crippen molar-refractivity contribution >= 4 is 23.0 Å². The van der Waals surface area contributed by atoms with Gasteiger partial charge in [-0.05, 0) is 54.2 Å². The topological polar surface area (TPSA) is 80.5 Å². The number of para-hydroxylation sites is 2. The van der Waals surface area contributed by atoms with Crippen molar-refractivity contribution in [1.82, 2.24) is 14.9 Å². The smallest absolute Gasteiger partial charge is 0.295 e. The molecule has 166 valence electrons. The van der Waals surface area contributed by atoms with Gasteiger partial charge >= 0.3 is 0 Å². The molecule has 2 aromatic carbocycles. The van der Waals surface area contributed by atoms with E-state index in [1.54, 1.807) is 13.3 Å². The van der Waals surface area contributed by atoms with Crippen molar-refractivity contribution in [3.63, 3.8) is 0 Å². The summed E-state index contributed by atoms with van der Waals surface area (Å²) >= 11 is 0. The standard InChI is InChI=1S/C26H24N4O3/c1-32-18-7-4-6-16(12-18)19-8-5-11-27-24(19)25(31)30-15-17-13-20(17)22(30)14-28-26-29-21-9-2-3-10-23(21)33-26/h2-12,17,20,22H,13-15H2,1H3,(H,28,29). The number of amides is 1. The molecule has 1 amide bonds. The van der Waals surface area contributed by atoms with Crippen molar-refractivity contribution in [1.29, 1.82) is 0 Å². The number of carbonyl (C=O) groups is 1. The third-order valence-electron chi connectivity index (χ3n) is 6.71. The minimum atomic E-state index is -0.0371. The molecule has 0 radical (unpaired) electrons. The fraction of sp³-hybridized carbons (Fsp3) is 0.269. The van der Waals surface area contributed by atoms with Gasteiger partial charge in [-0.2, -0.15) is 4.98 Å². The van der Waals surface area contributed by atoms with Crippen LogP contribution in [0.5, 0.6) is 5.75 Å². The van der Waals surface area contributed by atoms with Crippen LogP contribution in [0.2, 0.25) is 0 Å². The highest BCUT2D eigenvalue weighted by molar-refractivity contribution is 5.99. The number of hydrogen-bond acceptors (Lipinski definition) is 6. The number of piperidine rings is 1. The first kappa shape index (κ1) is 19.8. The molecule has 1 aliphatic carbocycles. The number of aromatic nitrogens is 2. The van der Waals surface area contributed by atoms with Gasteiger partial charge in [0.1, 0.15) is 17.0 Å². The minimum Gasteiger partial charge on any atom is -0.497 e. The van der Waals surface area contributed by atoms with Gasteiger partial charge in [0.05, 0.1) is 13.2 Å². The molecule has 7 heteroatoms. The number of nitrogens with zero attached hydrogens (tertiary/aromatic N) is 3. The van der Waals surface area contributed by atoms with Crippen LogP contribution in [0.15, 0.2) is 71.3 Å². The number of rotatable bonds is 6. The summed E-state index contributed by atoms with van der Waals surface area (Å²) in [4.78, 5) is 24.7. The molecule has 33 heavy (non-hydrogen) atoms. The number of oxazole rings is 1. The summed E-state index contributed by atoms with van der Waals surface area (Å²) in [6, 6.07) is 19.8. The van der Waals surface area contributed by atoms with Gasteiger partial charge in [0.2, 0.25) is 0 Å². The van der Waals surface area contributed by atoms with Crippen LogP contribution in [0.3, 0.4) is 0 Å². The van der Waals surface area contributed by atoms with E-state index in [0.717, 1.165) is 40.9 Å². The highest BCUT2D eigenvalue weighted by atomic mass is 16.5. The fourth-order valence-corrected chi connectivity index (χ4v) is 4.94. The number of methoxy groups -OCH3 is 1. The Hall–Kier alpha value is -3.87. The maximum atomic E-state index is 13.7. The Labute approximate surface area is 191 Å². The summed E-state index contributed by atoms with van der Waals surface area (Å²) < 4.78 is 11.2. The number of likely N-dealkylation sites (tertiary alicyclic amines) is 1. The average Bonchev–Trinajstić information content (AvgIpc) is 3.35. The van der Waals surface area contributed by atoms with Crippen molar-refractivity contribution in [2.24, 2.45) is 11.8 Å². The molecule has 2 fully saturated rings. The van der Waals surface area contributed by atoms with E-state index in [4.69, 9.17) is 9.15 Å². The molecular formula is C26H24N4O3. The highest BCUT2D eigenvalue weighted by Gasteiger charge is 2.54. The number of pyridine rings is 1. The predicted octanol–water partition coefficient (Wildman–Crippen LogP) is 4.47. The van der Waals surface area contributed by atoms with Crippen molar-refractivity contribution in [3.8, 4) is 16.9 Å². The quantitative estimate of drug-likeness (QED) is 0.476. The van der Waals surface area contributed by atoms with Crippen LogP contribution in [0.25, 0.3) is 22.2 Å². The molecule has 2 aromatic heterocycles. The fourth-order valence-electron chi connectivity index (χ4n) is 4.94. The number of ether oxygens (including phenoxy) is 1. The van der Waals surface area contributed by atoms with E-state index in [-0.39, 0.29) is 11.9 Å². The first-order chi connectivity index (χ1) is 16.2. The minimum absolute atomic E-state index is 0.0371. The first-order valence-electron chi connectivity index (χ1n) is 11.2. The number of nitrogens with one attached hydrogen (secondary N) is 1. The zero-order valence-electron chi connectivity index (χ0n) is 18.3. The molecular weight excluding hydrogens is 416 g/mol. The van der Waals surface area contributed by atoms with E-state index in [1.807, 2.05) is 65.6 Å². The molecule has 0 spiro atoms. The Balaban J connectivity index is 1.25. The van der Waals surface area contributed by atoms with E-state index in [0.29, 0.717) is 30.1 Å². The summed E-state index contributed by atoms with van der Waals surface area (Å²) in [6.45, 7) is 1.36. The SMILES string of the molecule is COc1cccc(-c2cccnc2C(=O)N2CC3CC3C2CNc2nc3ccccc3o2)c1. The summed E-state index contributed by atoms with van der Waals surface area (Å²) in [7, 11) is 1.64. The number of anilines is 1. The van der Waals surface area contributed by atoms with Gasteiger partial charge in [-0.3, -0.25) is 9.78 Å². The van der Waals surface area contributed by atoms with Crippen LogP contribution in [-0.4, -0.2) is 47.0 Å². The maximum absolute atomic E-state index is 13.7. The molecule has 6 rings (SSSR count). The Kier molecular flexibility index (Phi) is 4.75. The molecule has 1 N–H and O–H groups in total. The van der Waals surface area contributed by atoms with Crippen molar-refractivity contribution in [3.05, 3.63) is 72.6 Å². The van der Waals surface area contributed by atoms with E-state index in [2.05, 4.69) is 15.3 Å². The number of hydrogen-bond donors (Lipinski definition) is 1. The lowest BCUT2D eigenvalue weighted by Crippen LogP contribution is -2.43. The normalized spacial score (nSPS) is 21.1. The van der Waals surface area contributed by atoms with Crippen LogP contribution in [0, 0.1) is 11.8 Å². The molecule has 2 aliphatic rings. The zero-order chi connectivity index (χ0) is 22.4. The molecule has 1 saturated heterocycles. The van der Waals surface area contributed by atoms with Crippen LogP contribution < -0.4 is 10.1 Å². The summed E-state index contributed by atoms with van der Waals surface area (Å²) in [5, 5.41) is 3.32. The molecule has 1 aliphatic heterocycles. The van der Waals surface area contributed by atoms with Gasteiger partial charge in [0, 0.05) is 24.8 Å². The van der Waals surface area contributed by atoms with Gasteiger partial charge in [-0.15, -0.1) is 0 Å². The van der Waals surface area contributed by atoms with E-state index >= 15 is 0 Å². The summed E-state index contributed by atoms with van der Waals surface area (Å²) in [5.41, 5.74) is 3.77. The monoisotopic (exact) mass is 440 g/mol. The number of benzene rings is 2. The molecule has 0 bridgehead atoms. The van der Waals surface area contributed by atoms with Gasteiger partial charge < -0.3 is 19.4 Å². The second-order valence-electron chi connectivity index (χ2n) is 8.68. The summed E-state index contributed by atoms with van der Waals surface area (Å²) in [6.07, 6.45) is 2.84. The molecule has 3 heterocycles. The first-order valence-corrected chi connectivity index (χ1v) is 11.2. The Bertz CT molecular complexity index is 1300. The molecule has 4 aromatic rings. The highest BCUT2D eigenvalue weighted by Crippen LogP contribution is 2.50.